The van der Waals surface area contributed by atoms with Crippen LogP contribution in [0.2, 0.25) is 0 Å². The third-order valence-corrected chi connectivity index (χ3v) is 2.75. The minimum atomic E-state index is -0.453. The average molecular weight is 231 g/mol. The maximum Gasteiger partial charge on any atom is 0.241 e. The molecule has 0 spiro atoms. The van der Waals surface area contributed by atoms with Crippen LogP contribution in [0, 0.1) is 11.3 Å². The molecule has 1 aliphatic rings. The van der Waals surface area contributed by atoms with Crippen molar-refractivity contribution in [1.82, 2.24) is 10.3 Å². The van der Waals surface area contributed by atoms with E-state index in [0.29, 0.717) is 24.5 Å². The van der Waals surface area contributed by atoms with E-state index in [0.717, 1.165) is 6.54 Å². The molecule has 0 bridgehead atoms. The summed E-state index contributed by atoms with van der Waals surface area (Å²) in [6.07, 6.45) is 1.61. The van der Waals surface area contributed by atoms with Gasteiger partial charge in [-0.3, -0.25) is 4.79 Å². The van der Waals surface area contributed by atoms with Crippen LogP contribution < -0.4 is 16.0 Å². The highest BCUT2D eigenvalue weighted by atomic mass is 16.1. The topological polar surface area (TPSA) is 95.0 Å². The first-order valence-corrected chi connectivity index (χ1v) is 5.36. The van der Waals surface area contributed by atoms with Crippen LogP contribution in [-0.2, 0) is 4.79 Å². The maximum absolute atomic E-state index is 11.4. The fourth-order valence-electron chi connectivity index (χ4n) is 1.93. The van der Waals surface area contributed by atoms with Gasteiger partial charge in [-0.2, -0.15) is 5.26 Å². The molecule has 1 atom stereocenters. The third-order valence-electron chi connectivity index (χ3n) is 2.75. The summed E-state index contributed by atoms with van der Waals surface area (Å²) in [4.78, 5) is 17.3. The van der Waals surface area contributed by atoms with Gasteiger partial charge in [-0.25, -0.2) is 4.98 Å². The van der Waals surface area contributed by atoms with Crippen molar-refractivity contribution in [3.05, 3.63) is 23.9 Å². The number of aromatic nitrogens is 1. The van der Waals surface area contributed by atoms with Gasteiger partial charge in [0, 0.05) is 25.8 Å². The van der Waals surface area contributed by atoms with Crippen LogP contribution in [0.15, 0.2) is 18.3 Å². The Hall–Kier alpha value is -2.13. The second-order valence-electron chi connectivity index (χ2n) is 3.80. The van der Waals surface area contributed by atoms with Gasteiger partial charge in [0.1, 0.15) is 17.9 Å². The van der Waals surface area contributed by atoms with Crippen molar-refractivity contribution in [2.75, 3.05) is 24.5 Å². The summed E-state index contributed by atoms with van der Waals surface area (Å²) >= 11 is 0. The van der Waals surface area contributed by atoms with E-state index >= 15 is 0 Å². The van der Waals surface area contributed by atoms with Gasteiger partial charge in [-0.05, 0) is 12.1 Å². The molecule has 3 N–H and O–H groups in total. The summed E-state index contributed by atoms with van der Waals surface area (Å²) in [5.41, 5.74) is 5.81. The zero-order chi connectivity index (χ0) is 12.3. The number of pyridine rings is 1. The second kappa shape index (κ2) is 4.80. The van der Waals surface area contributed by atoms with Gasteiger partial charge in [-0.15, -0.1) is 0 Å². The van der Waals surface area contributed by atoms with Crippen molar-refractivity contribution >= 4 is 11.7 Å². The number of nitrogens with two attached hydrogens (primary N) is 1. The fraction of sp³-hybridized carbons (Fsp3) is 0.364. The van der Waals surface area contributed by atoms with Crippen LogP contribution in [0.25, 0.3) is 0 Å². The highest BCUT2D eigenvalue weighted by Gasteiger charge is 2.29. The number of piperazine rings is 1. The molecule has 1 amide bonds. The largest absolute Gasteiger partial charge is 0.368 e. The van der Waals surface area contributed by atoms with E-state index in [1.807, 2.05) is 0 Å². The summed E-state index contributed by atoms with van der Waals surface area (Å²) < 4.78 is 0. The Kier molecular flexibility index (Phi) is 3.21. The highest BCUT2D eigenvalue weighted by Crippen LogP contribution is 2.19. The van der Waals surface area contributed by atoms with E-state index in [1.54, 1.807) is 23.2 Å². The lowest BCUT2D eigenvalue weighted by molar-refractivity contribution is -0.119. The molecule has 6 heteroatoms. The molecule has 0 radical (unpaired) electrons. The summed E-state index contributed by atoms with van der Waals surface area (Å²) in [5.74, 6) is 0.118. The van der Waals surface area contributed by atoms with Gasteiger partial charge in [-0.1, -0.05) is 0 Å². The second-order valence-corrected chi connectivity index (χ2v) is 3.80. The number of rotatable bonds is 2. The number of carbonyl (C=O) groups excluding carboxylic acids is 1. The molecule has 1 aromatic heterocycles. The van der Waals surface area contributed by atoms with Crippen molar-refractivity contribution in [2.45, 2.75) is 6.04 Å². The normalized spacial score (nSPS) is 19.7. The van der Waals surface area contributed by atoms with Crippen molar-refractivity contribution in [3.8, 4) is 6.07 Å². The van der Waals surface area contributed by atoms with E-state index < -0.39 is 11.9 Å². The van der Waals surface area contributed by atoms with Gasteiger partial charge in [0.15, 0.2) is 0 Å². The van der Waals surface area contributed by atoms with Crippen LogP contribution in [0.3, 0.4) is 0 Å². The molecule has 17 heavy (non-hydrogen) atoms. The molecule has 88 valence electrons. The Morgan fingerprint density at radius 3 is 3.24 bits per heavy atom. The standard InChI is InChI=1S/C11H13N5O/c12-6-8-2-1-3-15-11(8)16-5-4-14-7-9(16)10(13)17/h1-3,9,14H,4-5,7H2,(H2,13,17). The SMILES string of the molecule is N#Cc1cccnc1N1CCNCC1C(N)=O. The van der Waals surface area contributed by atoms with Crippen LogP contribution >= 0.6 is 0 Å². The Labute approximate surface area is 99.0 Å². The molecular weight excluding hydrogens is 218 g/mol. The Morgan fingerprint density at radius 2 is 2.53 bits per heavy atom. The molecule has 0 aromatic carbocycles. The summed E-state index contributed by atoms with van der Waals surface area (Å²) in [5, 5.41) is 12.1. The lowest BCUT2D eigenvalue weighted by atomic mass is 10.1. The average Bonchev–Trinajstić information content (AvgIpc) is 2.38. The number of nitrogens with zero attached hydrogens (tertiary/aromatic N) is 3. The maximum atomic E-state index is 11.4. The van der Waals surface area contributed by atoms with Crippen LogP contribution in [0.5, 0.6) is 0 Å². The molecule has 1 unspecified atom stereocenters. The van der Waals surface area contributed by atoms with Crippen molar-refractivity contribution in [1.29, 1.82) is 5.26 Å². The molecular formula is C11H13N5O. The van der Waals surface area contributed by atoms with Crippen molar-refractivity contribution in [2.24, 2.45) is 5.73 Å². The van der Waals surface area contributed by atoms with Crippen LogP contribution in [0.4, 0.5) is 5.82 Å². The predicted molar refractivity (Wildman–Crippen MR) is 62.2 cm³/mol. The third kappa shape index (κ3) is 2.19. The monoisotopic (exact) mass is 231 g/mol. The zero-order valence-corrected chi connectivity index (χ0v) is 9.26. The number of carbonyl (C=O) groups is 1. The smallest absolute Gasteiger partial charge is 0.241 e. The molecule has 0 aliphatic carbocycles. The first-order chi connectivity index (χ1) is 8.24. The van der Waals surface area contributed by atoms with Crippen LogP contribution in [-0.4, -0.2) is 36.6 Å². The lowest BCUT2D eigenvalue weighted by Gasteiger charge is -2.35. The first-order valence-electron chi connectivity index (χ1n) is 5.36. The number of nitrogens with one attached hydrogen (secondary N) is 1. The first kappa shape index (κ1) is 11.4. The number of hydrogen-bond acceptors (Lipinski definition) is 5. The fourth-order valence-corrected chi connectivity index (χ4v) is 1.93. The minimum Gasteiger partial charge on any atom is -0.368 e. The Bertz CT molecular complexity index is 467. The Balaban J connectivity index is 2.36. The van der Waals surface area contributed by atoms with E-state index in [2.05, 4.69) is 16.4 Å². The van der Waals surface area contributed by atoms with Gasteiger partial charge >= 0.3 is 0 Å². The van der Waals surface area contributed by atoms with Crippen molar-refractivity contribution < 1.29 is 4.79 Å². The van der Waals surface area contributed by atoms with Crippen molar-refractivity contribution in [3.63, 3.8) is 0 Å². The number of primary amides is 1. The van der Waals surface area contributed by atoms with E-state index in [9.17, 15) is 4.79 Å². The van der Waals surface area contributed by atoms with Gasteiger partial charge in [0.25, 0.3) is 0 Å². The van der Waals surface area contributed by atoms with Gasteiger partial charge in [0.05, 0.1) is 5.56 Å². The Morgan fingerprint density at radius 1 is 1.71 bits per heavy atom. The van der Waals surface area contributed by atoms with Crippen LogP contribution in [0.1, 0.15) is 5.56 Å². The molecule has 1 aromatic rings. The van der Waals surface area contributed by atoms with Gasteiger partial charge < -0.3 is 16.0 Å². The lowest BCUT2D eigenvalue weighted by Crippen LogP contribution is -2.57. The molecule has 2 heterocycles. The number of hydrogen-bond donors (Lipinski definition) is 2. The van der Waals surface area contributed by atoms with Gasteiger partial charge in [0.2, 0.25) is 5.91 Å². The molecule has 1 fully saturated rings. The molecule has 6 nitrogen and oxygen atoms in total. The minimum absolute atomic E-state index is 0.410. The quantitative estimate of drug-likeness (QED) is 0.696. The highest BCUT2D eigenvalue weighted by molar-refractivity contribution is 5.84. The summed E-state index contributed by atoms with van der Waals surface area (Å²) in [6.45, 7) is 1.83. The number of anilines is 1. The predicted octanol–water partition coefficient (Wildman–Crippen LogP) is -0.783. The molecule has 2 rings (SSSR count). The van der Waals surface area contributed by atoms with E-state index in [1.165, 1.54) is 0 Å². The molecule has 1 aliphatic heterocycles. The van der Waals surface area contributed by atoms with E-state index in [-0.39, 0.29) is 0 Å². The summed E-state index contributed by atoms with van der Waals surface area (Å²) in [6, 6.07) is 5.00. The van der Waals surface area contributed by atoms with E-state index in [4.69, 9.17) is 11.0 Å². The zero-order valence-electron chi connectivity index (χ0n) is 9.26. The number of amides is 1. The molecule has 0 saturated carbocycles. The summed E-state index contributed by atoms with van der Waals surface area (Å²) in [7, 11) is 0. The molecule has 1 saturated heterocycles. The number of nitriles is 1.